The van der Waals surface area contributed by atoms with Crippen LogP contribution in [0, 0.1) is 0 Å². The van der Waals surface area contributed by atoms with E-state index in [4.69, 9.17) is 0 Å². The minimum absolute atomic E-state index is 0.0941. The molecule has 0 saturated heterocycles. The number of nitrogens with zero attached hydrogens (tertiary/aromatic N) is 2. The molecular weight excluding hydrogens is 288 g/mol. The maximum atomic E-state index is 12.2. The number of hydrogen-bond acceptors (Lipinski definition) is 4. The Morgan fingerprint density at radius 1 is 1.33 bits per heavy atom. The lowest BCUT2D eigenvalue weighted by atomic mass is 10.3. The predicted octanol–water partition coefficient (Wildman–Crippen LogP) is 1.49. The van der Waals surface area contributed by atoms with Crippen molar-refractivity contribution in [3.05, 3.63) is 12.4 Å². The zero-order valence-corrected chi connectivity index (χ0v) is 13.5. The van der Waals surface area contributed by atoms with E-state index >= 15 is 0 Å². The molecule has 0 aromatic carbocycles. The van der Waals surface area contributed by atoms with Crippen molar-refractivity contribution in [1.29, 1.82) is 0 Å². The van der Waals surface area contributed by atoms with E-state index in [0.717, 1.165) is 58.2 Å². The minimum Gasteiger partial charge on any atom is -0.317 e. The van der Waals surface area contributed by atoms with Crippen LogP contribution in [0.25, 0.3) is 0 Å². The summed E-state index contributed by atoms with van der Waals surface area (Å²) in [7, 11) is -3.41. The SMILES string of the molecule is CCCNCCCn1cc(S(=O)(=O)NC2CCCC2)cn1. The minimum atomic E-state index is -3.41. The van der Waals surface area contributed by atoms with Crippen LogP contribution in [0.4, 0.5) is 0 Å². The van der Waals surface area contributed by atoms with Crippen molar-refractivity contribution in [2.24, 2.45) is 0 Å². The summed E-state index contributed by atoms with van der Waals surface area (Å²) >= 11 is 0. The second kappa shape index (κ2) is 7.91. The van der Waals surface area contributed by atoms with Crippen LogP contribution in [0.2, 0.25) is 0 Å². The predicted molar refractivity (Wildman–Crippen MR) is 82.6 cm³/mol. The van der Waals surface area contributed by atoms with Crippen LogP contribution in [-0.2, 0) is 16.6 Å². The van der Waals surface area contributed by atoms with E-state index in [1.807, 2.05) is 0 Å². The largest absolute Gasteiger partial charge is 0.317 e. The van der Waals surface area contributed by atoms with E-state index in [2.05, 4.69) is 22.1 Å². The monoisotopic (exact) mass is 314 g/mol. The summed E-state index contributed by atoms with van der Waals surface area (Å²) in [6.45, 7) is 4.81. The molecule has 0 spiro atoms. The molecule has 0 unspecified atom stereocenters. The highest BCUT2D eigenvalue weighted by Gasteiger charge is 2.23. The first-order valence-electron chi connectivity index (χ1n) is 7.87. The maximum Gasteiger partial charge on any atom is 0.243 e. The summed E-state index contributed by atoms with van der Waals surface area (Å²) in [4.78, 5) is 0.274. The Kier molecular flexibility index (Phi) is 6.20. The maximum absolute atomic E-state index is 12.2. The second-order valence-electron chi connectivity index (χ2n) is 5.65. The summed E-state index contributed by atoms with van der Waals surface area (Å²) in [5, 5.41) is 7.46. The molecule has 0 aliphatic heterocycles. The Morgan fingerprint density at radius 3 is 2.81 bits per heavy atom. The van der Waals surface area contributed by atoms with E-state index < -0.39 is 10.0 Å². The molecule has 21 heavy (non-hydrogen) atoms. The molecule has 0 amide bonds. The van der Waals surface area contributed by atoms with Gasteiger partial charge in [-0.05, 0) is 38.8 Å². The lowest BCUT2D eigenvalue weighted by Crippen LogP contribution is -2.32. The zero-order valence-electron chi connectivity index (χ0n) is 12.7. The number of aryl methyl sites for hydroxylation is 1. The van der Waals surface area contributed by atoms with Crippen LogP contribution in [0.5, 0.6) is 0 Å². The van der Waals surface area contributed by atoms with Gasteiger partial charge in [-0.2, -0.15) is 5.10 Å². The fourth-order valence-corrected chi connectivity index (χ4v) is 3.86. The van der Waals surface area contributed by atoms with Gasteiger partial charge in [0.2, 0.25) is 10.0 Å². The van der Waals surface area contributed by atoms with E-state index in [1.165, 1.54) is 6.20 Å². The van der Waals surface area contributed by atoms with Gasteiger partial charge in [-0.25, -0.2) is 13.1 Å². The number of aromatic nitrogens is 2. The molecule has 1 aliphatic rings. The fourth-order valence-electron chi connectivity index (χ4n) is 2.60. The van der Waals surface area contributed by atoms with Crippen molar-refractivity contribution in [1.82, 2.24) is 19.8 Å². The quantitative estimate of drug-likeness (QED) is 0.677. The first-order chi connectivity index (χ1) is 10.1. The van der Waals surface area contributed by atoms with Crippen molar-refractivity contribution < 1.29 is 8.42 Å². The highest BCUT2D eigenvalue weighted by atomic mass is 32.2. The third-order valence-corrected chi connectivity index (χ3v) is 5.24. The summed E-state index contributed by atoms with van der Waals surface area (Å²) in [5.41, 5.74) is 0. The van der Waals surface area contributed by atoms with Crippen LogP contribution < -0.4 is 10.0 Å². The highest BCUT2D eigenvalue weighted by Crippen LogP contribution is 2.20. The molecule has 1 aromatic rings. The van der Waals surface area contributed by atoms with Crippen LogP contribution >= 0.6 is 0 Å². The molecule has 1 aromatic heterocycles. The summed E-state index contributed by atoms with van der Waals surface area (Å²) in [6.07, 6.45) is 9.23. The van der Waals surface area contributed by atoms with Gasteiger partial charge < -0.3 is 5.32 Å². The number of rotatable bonds is 9. The summed E-state index contributed by atoms with van der Waals surface area (Å²) in [5.74, 6) is 0. The molecule has 6 nitrogen and oxygen atoms in total. The van der Waals surface area contributed by atoms with Gasteiger partial charge in [0.15, 0.2) is 0 Å². The Hall–Kier alpha value is -0.920. The topological polar surface area (TPSA) is 76.0 Å². The average molecular weight is 314 g/mol. The Labute approximate surface area is 127 Å². The summed E-state index contributed by atoms with van der Waals surface area (Å²) in [6, 6.07) is 0.0941. The second-order valence-corrected chi connectivity index (χ2v) is 7.36. The van der Waals surface area contributed by atoms with E-state index in [0.29, 0.717) is 0 Å². The molecule has 0 bridgehead atoms. The van der Waals surface area contributed by atoms with E-state index in [9.17, 15) is 8.42 Å². The molecule has 0 atom stereocenters. The first-order valence-corrected chi connectivity index (χ1v) is 9.35. The molecule has 1 aliphatic carbocycles. The molecule has 1 saturated carbocycles. The van der Waals surface area contributed by atoms with Crippen molar-refractivity contribution in [2.45, 2.75) is 62.9 Å². The zero-order chi connectivity index (χ0) is 15.1. The highest BCUT2D eigenvalue weighted by molar-refractivity contribution is 7.89. The smallest absolute Gasteiger partial charge is 0.243 e. The van der Waals surface area contributed by atoms with Crippen molar-refractivity contribution in [2.75, 3.05) is 13.1 Å². The van der Waals surface area contributed by atoms with Gasteiger partial charge in [-0.3, -0.25) is 4.68 Å². The molecule has 2 rings (SSSR count). The molecule has 7 heteroatoms. The van der Waals surface area contributed by atoms with Gasteiger partial charge >= 0.3 is 0 Å². The average Bonchev–Trinajstić information content (AvgIpc) is 3.09. The third-order valence-electron chi connectivity index (χ3n) is 3.76. The summed E-state index contributed by atoms with van der Waals surface area (Å²) < 4.78 is 29.0. The van der Waals surface area contributed by atoms with Crippen molar-refractivity contribution in [3.63, 3.8) is 0 Å². The van der Waals surface area contributed by atoms with E-state index in [1.54, 1.807) is 10.9 Å². The molecule has 120 valence electrons. The fraction of sp³-hybridized carbons (Fsp3) is 0.786. The lowest BCUT2D eigenvalue weighted by Gasteiger charge is -2.10. The van der Waals surface area contributed by atoms with Crippen molar-refractivity contribution in [3.8, 4) is 0 Å². The first kappa shape index (κ1) is 16.5. The molecular formula is C14H26N4O2S. The molecule has 1 heterocycles. The Balaban J connectivity index is 1.83. The van der Waals surface area contributed by atoms with Crippen molar-refractivity contribution >= 4 is 10.0 Å². The van der Waals surface area contributed by atoms with Crippen LogP contribution in [0.15, 0.2) is 17.3 Å². The number of sulfonamides is 1. The van der Waals surface area contributed by atoms with Crippen LogP contribution in [-0.4, -0.2) is 37.3 Å². The van der Waals surface area contributed by atoms with Gasteiger partial charge in [0, 0.05) is 18.8 Å². The van der Waals surface area contributed by atoms with Gasteiger partial charge in [0.05, 0.1) is 6.20 Å². The molecule has 0 radical (unpaired) electrons. The van der Waals surface area contributed by atoms with Gasteiger partial charge in [-0.15, -0.1) is 0 Å². The normalized spacial score (nSPS) is 16.6. The third kappa shape index (κ3) is 5.09. The molecule has 2 N–H and O–H groups in total. The van der Waals surface area contributed by atoms with Gasteiger partial charge in [0.1, 0.15) is 4.90 Å². The number of nitrogens with one attached hydrogen (secondary N) is 2. The van der Waals surface area contributed by atoms with Crippen LogP contribution in [0.3, 0.4) is 0 Å². The van der Waals surface area contributed by atoms with Gasteiger partial charge in [-0.1, -0.05) is 19.8 Å². The lowest BCUT2D eigenvalue weighted by molar-refractivity contribution is 0.540. The van der Waals surface area contributed by atoms with Gasteiger partial charge in [0.25, 0.3) is 0 Å². The number of hydrogen-bond donors (Lipinski definition) is 2. The van der Waals surface area contributed by atoms with Crippen LogP contribution in [0.1, 0.15) is 45.4 Å². The Morgan fingerprint density at radius 2 is 2.10 bits per heavy atom. The molecule has 1 fully saturated rings. The Bertz CT molecular complexity index is 521. The van der Waals surface area contributed by atoms with E-state index in [-0.39, 0.29) is 10.9 Å². The standard InChI is InChI=1S/C14H26N4O2S/c1-2-8-15-9-5-10-18-12-14(11-16-18)21(19,20)17-13-6-3-4-7-13/h11-13,15,17H,2-10H2,1H3.